The fourth-order valence-electron chi connectivity index (χ4n) is 2.70. The molecule has 1 aliphatic rings. The van der Waals surface area contributed by atoms with Crippen molar-refractivity contribution >= 4 is 11.6 Å². The number of hydrogen-bond donors (Lipinski definition) is 1. The van der Waals surface area contributed by atoms with Gasteiger partial charge in [0.05, 0.1) is 6.04 Å². The molecule has 0 aromatic heterocycles. The van der Waals surface area contributed by atoms with Crippen LogP contribution in [-0.4, -0.2) is 24.5 Å². The fourth-order valence-corrected chi connectivity index (χ4v) is 2.70. The molecular formula is C16H24N2O. The van der Waals surface area contributed by atoms with E-state index in [2.05, 4.69) is 45.1 Å². The first-order valence-electron chi connectivity index (χ1n) is 7.17. The lowest BCUT2D eigenvalue weighted by atomic mass is 10.0. The standard InChI is InChI=1S/C16H24N2O/c1-11(2)13-7-5-6-8-15(13)18-10-9-14(16(18)19)17-12(3)4/h5-8,11-12,14,17H,9-10H2,1-4H3. The molecule has 1 N–H and O–H groups in total. The molecule has 104 valence electrons. The maximum atomic E-state index is 12.5. The van der Waals surface area contributed by atoms with Gasteiger partial charge in [-0.05, 0) is 24.0 Å². The van der Waals surface area contributed by atoms with Gasteiger partial charge in [0.1, 0.15) is 0 Å². The summed E-state index contributed by atoms with van der Waals surface area (Å²) in [5, 5.41) is 3.35. The average Bonchev–Trinajstić information content (AvgIpc) is 2.70. The van der Waals surface area contributed by atoms with Crippen LogP contribution in [0.15, 0.2) is 24.3 Å². The van der Waals surface area contributed by atoms with Crippen LogP contribution in [0.25, 0.3) is 0 Å². The number of carbonyl (C=O) groups is 1. The van der Waals surface area contributed by atoms with Crippen molar-refractivity contribution in [1.82, 2.24) is 5.32 Å². The molecule has 1 aliphatic heterocycles. The number of carbonyl (C=O) groups excluding carboxylic acids is 1. The molecule has 1 unspecified atom stereocenters. The molecule has 0 bridgehead atoms. The molecule has 1 aromatic carbocycles. The molecule has 0 saturated carbocycles. The summed E-state index contributed by atoms with van der Waals surface area (Å²) in [6.45, 7) is 9.31. The van der Waals surface area contributed by atoms with Gasteiger partial charge < -0.3 is 10.2 Å². The number of rotatable bonds is 4. The van der Waals surface area contributed by atoms with Gasteiger partial charge in [0.2, 0.25) is 5.91 Å². The van der Waals surface area contributed by atoms with Gasteiger partial charge in [0.15, 0.2) is 0 Å². The maximum Gasteiger partial charge on any atom is 0.244 e. The molecule has 1 heterocycles. The van der Waals surface area contributed by atoms with Crippen molar-refractivity contribution in [3.8, 4) is 0 Å². The van der Waals surface area contributed by atoms with Crippen molar-refractivity contribution in [2.45, 2.75) is 52.1 Å². The second kappa shape index (κ2) is 5.74. The Balaban J connectivity index is 2.22. The van der Waals surface area contributed by atoms with Gasteiger partial charge in [0.25, 0.3) is 0 Å². The van der Waals surface area contributed by atoms with Gasteiger partial charge in [-0.15, -0.1) is 0 Å². The van der Waals surface area contributed by atoms with E-state index in [1.165, 1.54) is 5.56 Å². The lowest BCUT2D eigenvalue weighted by molar-refractivity contribution is -0.118. The third-order valence-corrected chi connectivity index (χ3v) is 3.59. The van der Waals surface area contributed by atoms with Crippen LogP contribution < -0.4 is 10.2 Å². The molecule has 2 rings (SSSR count). The molecule has 0 spiro atoms. The Labute approximate surface area is 116 Å². The molecule has 0 radical (unpaired) electrons. The monoisotopic (exact) mass is 260 g/mol. The van der Waals surface area contributed by atoms with Crippen molar-refractivity contribution in [3.05, 3.63) is 29.8 Å². The highest BCUT2D eigenvalue weighted by molar-refractivity contribution is 6.00. The third kappa shape index (κ3) is 2.98. The molecule has 1 atom stereocenters. The average molecular weight is 260 g/mol. The van der Waals surface area contributed by atoms with Crippen molar-refractivity contribution in [2.75, 3.05) is 11.4 Å². The van der Waals surface area contributed by atoms with Gasteiger partial charge in [0, 0.05) is 18.3 Å². The van der Waals surface area contributed by atoms with Gasteiger partial charge in [-0.2, -0.15) is 0 Å². The van der Waals surface area contributed by atoms with Crippen molar-refractivity contribution in [2.24, 2.45) is 0 Å². The zero-order valence-corrected chi connectivity index (χ0v) is 12.3. The molecule has 3 heteroatoms. The first kappa shape index (κ1) is 14.1. The SMILES string of the molecule is CC(C)NC1CCN(c2ccccc2C(C)C)C1=O. The predicted molar refractivity (Wildman–Crippen MR) is 79.6 cm³/mol. The number of para-hydroxylation sites is 1. The molecule has 3 nitrogen and oxygen atoms in total. The summed E-state index contributed by atoms with van der Waals surface area (Å²) in [6.07, 6.45) is 0.892. The van der Waals surface area contributed by atoms with Crippen LogP contribution in [0.2, 0.25) is 0 Å². The van der Waals surface area contributed by atoms with E-state index in [-0.39, 0.29) is 11.9 Å². The first-order valence-corrected chi connectivity index (χ1v) is 7.17. The van der Waals surface area contributed by atoms with E-state index in [1.807, 2.05) is 17.0 Å². The third-order valence-electron chi connectivity index (χ3n) is 3.59. The highest BCUT2D eigenvalue weighted by atomic mass is 16.2. The Morgan fingerprint density at radius 1 is 1.21 bits per heavy atom. The van der Waals surface area contributed by atoms with E-state index in [0.29, 0.717) is 12.0 Å². The Bertz CT molecular complexity index is 454. The Hall–Kier alpha value is -1.35. The summed E-state index contributed by atoms with van der Waals surface area (Å²) in [5.74, 6) is 0.642. The Kier molecular flexibility index (Phi) is 4.25. The summed E-state index contributed by atoms with van der Waals surface area (Å²) < 4.78 is 0. The van der Waals surface area contributed by atoms with Crippen LogP contribution in [0, 0.1) is 0 Å². The van der Waals surface area contributed by atoms with Gasteiger partial charge in [-0.25, -0.2) is 0 Å². The highest BCUT2D eigenvalue weighted by Gasteiger charge is 2.33. The lowest BCUT2D eigenvalue weighted by Gasteiger charge is -2.22. The Morgan fingerprint density at radius 3 is 2.53 bits per heavy atom. The summed E-state index contributed by atoms with van der Waals surface area (Å²) in [7, 11) is 0. The summed E-state index contributed by atoms with van der Waals surface area (Å²) in [6, 6.07) is 8.55. The number of anilines is 1. The molecule has 1 aromatic rings. The molecule has 1 fully saturated rings. The zero-order valence-electron chi connectivity index (χ0n) is 12.3. The molecule has 19 heavy (non-hydrogen) atoms. The van der Waals surface area contributed by atoms with Crippen molar-refractivity contribution in [1.29, 1.82) is 0 Å². The second-order valence-corrected chi connectivity index (χ2v) is 5.87. The predicted octanol–water partition coefficient (Wildman–Crippen LogP) is 2.91. The largest absolute Gasteiger partial charge is 0.311 e. The van der Waals surface area contributed by atoms with E-state index in [0.717, 1.165) is 18.7 Å². The summed E-state index contributed by atoms with van der Waals surface area (Å²) in [4.78, 5) is 14.4. The second-order valence-electron chi connectivity index (χ2n) is 5.87. The Morgan fingerprint density at radius 2 is 1.89 bits per heavy atom. The minimum atomic E-state index is -0.0276. The minimum absolute atomic E-state index is 0.0276. The van der Waals surface area contributed by atoms with Crippen LogP contribution in [0.3, 0.4) is 0 Å². The highest BCUT2D eigenvalue weighted by Crippen LogP contribution is 2.30. The van der Waals surface area contributed by atoms with E-state index in [4.69, 9.17) is 0 Å². The summed E-state index contributed by atoms with van der Waals surface area (Å²) in [5.41, 5.74) is 2.33. The minimum Gasteiger partial charge on any atom is -0.311 e. The van der Waals surface area contributed by atoms with Gasteiger partial charge in [-0.1, -0.05) is 45.9 Å². The topological polar surface area (TPSA) is 32.3 Å². The molecule has 1 amide bonds. The lowest BCUT2D eigenvalue weighted by Crippen LogP contribution is -2.41. The van der Waals surface area contributed by atoms with E-state index in [9.17, 15) is 4.79 Å². The van der Waals surface area contributed by atoms with Crippen LogP contribution in [0.5, 0.6) is 0 Å². The quantitative estimate of drug-likeness (QED) is 0.902. The normalized spacial score (nSPS) is 19.8. The zero-order chi connectivity index (χ0) is 14.0. The first-order chi connectivity index (χ1) is 9.00. The fraction of sp³-hybridized carbons (Fsp3) is 0.562. The smallest absolute Gasteiger partial charge is 0.244 e. The summed E-state index contributed by atoms with van der Waals surface area (Å²) >= 11 is 0. The molecular weight excluding hydrogens is 236 g/mol. The van der Waals surface area contributed by atoms with Gasteiger partial charge >= 0.3 is 0 Å². The van der Waals surface area contributed by atoms with Crippen LogP contribution >= 0.6 is 0 Å². The molecule has 0 aliphatic carbocycles. The number of benzene rings is 1. The number of nitrogens with zero attached hydrogens (tertiary/aromatic N) is 1. The van der Waals surface area contributed by atoms with E-state index in [1.54, 1.807) is 0 Å². The number of amides is 1. The van der Waals surface area contributed by atoms with E-state index < -0.39 is 0 Å². The van der Waals surface area contributed by atoms with Crippen LogP contribution in [0.1, 0.15) is 45.6 Å². The van der Waals surface area contributed by atoms with E-state index >= 15 is 0 Å². The van der Waals surface area contributed by atoms with Crippen LogP contribution in [0.4, 0.5) is 5.69 Å². The van der Waals surface area contributed by atoms with Crippen molar-refractivity contribution in [3.63, 3.8) is 0 Å². The van der Waals surface area contributed by atoms with Crippen molar-refractivity contribution < 1.29 is 4.79 Å². The number of hydrogen-bond acceptors (Lipinski definition) is 2. The maximum absolute atomic E-state index is 12.5. The van der Waals surface area contributed by atoms with Gasteiger partial charge in [-0.3, -0.25) is 4.79 Å². The molecule has 1 saturated heterocycles. The number of nitrogens with one attached hydrogen (secondary N) is 1. The van der Waals surface area contributed by atoms with Crippen LogP contribution in [-0.2, 0) is 4.79 Å².